The Morgan fingerprint density at radius 3 is 2.42 bits per heavy atom. The molecule has 4 heterocycles. The summed E-state index contributed by atoms with van der Waals surface area (Å²) in [5.74, 6) is -3.72. The van der Waals surface area contributed by atoms with Gasteiger partial charge in [-0.15, -0.1) is 0 Å². The molecule has 2 aromatic heterocycles. The van der Waals surface area contributed by atoms with Gasteiger partial charge in [0, 0.05) is 72.2 Å². The van der Waals surface area contributed by atoms with E-state index in [-0.39, 0.29) is 71.1 Å². The summed E-state index contributed by atoms with van der Waals surface area (Å²) < 4.78 is 45.7. The zero-order valence-electron chi connectivity index (χ0n) is 31.5. The van der Waals surface area contributed by atoms with Gasteiger partial charge < -0.3 is 10.2 Å². The highest BCUT2D eigenvalue weighted by molar-refractivity contribution is 6.33. The summed E-state index contributed by atoms with van der Waals surface area (Å²) in [4.78, 5) is 65.2. The van der Waals surface area contributed by atoms with Gasteiger partial charge in [0.25, 0.3) is 0 Å². The number of aryl methyl sites for hydroxylation is 2. The molecule has 14 heteroatoms. The minimum Gasteiger partial charge on any atom is -0.355 e. The highest BCUT2D eigenvalue weighted by Crippen LogP contribution is 2.59. The summed E-state index contributed by atoms with van der Waals surface area (Å²) in [6.07, 6.45) is 8.11. The SMILES string of the molecule is CC(=O)c1nn2c3c(cc(-c4cnc(C)nc4)cc13)CCCCCCC(=O)NC[C@@]13C[C@@H](C(=O)Cc4cccc(-c5cc(F)c(F)cc5Cl)c4F)N(C(=O)C2)[C@@H]1C3. The van der Waals surface area contributed by atoms with Crippen LogP contribution in [0.4, 0.5) is 13.2 Å². The molecule has 57 heavy (non-hydrogen) atoms. The van der Waals surface area contributed by atoms with Crippen molar-refractivity contribution in [2.45, 2.75) is 90.3 Å². The molecule has 0 unspecified atom stereocenters. The van der Waals surface area contributed by atoms with E-state index in [1.165, 1.54) is 25.1 Å². The third-order valence-electron chi connectivity index (χ3n) is 11.7. The minimum absolute atomic E-state index is 0.00618. The van der Waals surface area contributed by atoms with Crippen LogP contribution in [0, 0.1) is 29.8 Å². The molecule has 2 fully saturated rings. The zero-order chi connectivity index (χ0) is 40.2. The fourth-order valence-corrected chi connectivity index (χ4v) is 8.93. The van der Waals surface area contributed by atoms with Crippen molar-refractivity contribution in [1.82, 2.24) is 30.0 Å². The van der Waals surface area contributed by atoms with Crippen molar-refractivity contribution in [2.75, 3.05) is 6.54 Å². The van der Waals surface area contributed by atoms with Crippen molar-refractivity contribution < 1.29 is 32.3 Å². The van der Waals surface area contributed by atoms with Crippen LogP contribution in [0.5, 0.6) is 0 Å². The van der Waals surface area contributed by atoms with E-state index in [1.54, 1.807) is 28.9 Å². The second kappa shape index (κ2) is 15.1. The predicted octanol–water partition coefficient (Wildman–Crippen LogP) is 7.54. The number of carbonyl (C=O) groups excluding carboxylic acids is 4. The molecular formula is C43H40ClF3N6O4. The Morgan fingerprint density at radius 2 is 1.67 bits per heavy atom. The molecule has 1 saturated heterocycles. The van der Waals surface area contributed by atoms with Gasteiger partial charge in [-0.1, -0.05) is 42.6 Å². The molecule has 3 aromatic carbocycles. The molecule has 3 atom stereocenters. The van der Waals surface area contributed by atoms with Gasteiger partial charge in [-0.3, -0.25) is 23.9 Å². The van der Waals surface area contributed by atoms with Crippen molar-refractivity contribution in [2.24, 2.45) is 5.41 Å². The van der Waals surface area contributed by atoms with E-state index >= 15 is 4.39 Å². The third-order valence-corrected chi connectivity index (χ3v) is 12.0. The van der Waals surface area contributed by atoms with E-state index in [9.17, 15) is 28.0 Å². The summed E-state index contributed by atoms with van der Waals surface area (Å²) in [6, 6.07) is 8.49. The van der Waals surface area contributed by atoms with Gasteiger partial charge in [0.1, 0.15) is 23.9 Å². The van der Waals surface area contributed by atoms with Gasteiger partial charge in [0.2, 0.25) is 11.8 Å². The van der Waals surface area contributed by atoms with Gasteiger partial charge in [0.15, 0.2) is 23.2 Å². The first-order valence-corrected chi connectivity index (χ1v) is 19.6. The van der Waals surface area contributed by atoms with E-state index < -0.39 is 40.6 Å². The van der Waals surface area contributed by atoms with Crippen molar-refractivity contribution >= 4 is 45.9 Å². The lowest BCUT2D eigenvalue weighted by molar-refractivity contribution is -0.139. The maximum absolute atomic E-state index is 16.1. The second-order valence-corrected chi connectivity index (χ2v) is 16.0. The van der Waals surface area contributed by atoms with Crippen LogP contribution in [0.3, 0.4) is 0 Å². The average molecular weight is 797 g/mol. The fourth-order valence-electron chi connectivity index (χ4n) is 8.68. The van der Waals surface area contributed by atoms with Crippen LogP contribution in [-0.2, 0) is 33.8 Å². The van der Waals surface area contributed by atoms with Gasteiger partial charge in [0.05, 0.1) is 16.6 Å². The monoisotopic (exact) mass is 796 g/mol. The predicted molar refractivity (Wildman–Crippen MR) is 207 cm³/mol. The molecule has 0 radical (unpaired) electrons. The van der Waals surface area contributed by atoms with Gasteiger partial charge in [-0.25, -0.2) is 23.1 Å². The molecule has 8 rings (SSSR count). The lowest BCUT2D eigenvalue weighted by atomic mass is 9.92. The Balaban J connectivity index is 1.16. The number of rotatable bonds is 6. The summed E-state index contributed by atoms with van der Waals surface area (Å²) in [5.41, 5.74) is 2.66. The molecule has 10 nitrogen and oxygen atoms in total. The number of nitrogens with zero attached hydrogens (tertiary/aromatic N) is 5. The molecule has 1 N–H and O–H groups in total. The molecule has 3 aliphatic rings. The topological polar surface area (TPSA) is 127 Å². The highest BCUT2D eigenvalue weighted by atomic mass is 35.5. The van der Waals surface area contributed by atoms with Crippen molar-refractivity contribution in [3.8, 4) is 22.3 Å². The van der Waals surface area contributed by atoms with Crippen molar-refractivity contribution in [1.29, 1.82) is 0 Å². The Labute approximate surface area is 331 Å². The van der Waals surface area contributed by atoms with E-state index in [0.29, 0.717) is 42.4 Å². The fraction of sp³-hybridized carbons (Fsp3) is 0.372. The van der Waals surface area contributed by atoms with Crippen LogP contribution in [0.2, 0.25) is 5.02 Å². The standard InChI is InChI=1S/C43H40ClF3N6O4/c1-23(54)41-31-13-27(28-19-48-24(2)49-20-28)12-26-8-5-3-4-6-11-38(56)50-22-43-17-35(53(37(43)18-43)39(57)21-52(51-41)42(26)31)36(55)14-25-9-7-10-29(40(25)47)30-15-33(45)34(46)16-32(30)44/h7,9-10,12-13,15-16,19-20,35,37H,3-6,8,11,14,17-18,21-22H2,1-2H3,(H,50,56)/t35-,37+,43-/m0/s1. The molecule has 1 saturated carbocycles. The smallest absolute Gasteiger partial charge is 0.245 e. The Bertz CT molecular complexity index is 2470. The lowest BCUT2D eigenvalue weighted by Crippen LogP contribution is -2.45. The maximum Gasteiger partial charge on any atom is 0.245 e. The first-order chi connectivity index (χ1) is 27.3. The number of hydrogen-bond donors (Lipinski definition) is 1. The molecule has 2 bridgehead atoms. The van der Waals surface area contributed by atoms with Crippen LogP contribution in [0.15, 0.2) is 54.9 Å². The number of benzene rings is 3. The minimum atomic E-state index is -1.20. The number of piperidine rings is 1. The first-order valence-electron chi connectivity index (χ1n) is 19.2. The zero-order valence-corrected chi connectivity index (χ0v) is 32.3. The third kappa shape index (κ3) is 7.33. The Hall–Kier alpha value is -5.43. The molecule has 2 aliphatic heterocycles. The summed E-state index contributed by atoms with van der Waals surface area (Å²) in [6.45, 7) is 3.26. The number of carbonyl (C=O) groups is 4. The van der Waals surface area contributed by atoms with Crippen LogP contribution in [-0.4, -0.2) is 66.7 Å². The summed E-state index contributed by atoms with van der Waals surface area (Å²) >= 11 is 6.18. The van der Waals surface area contributed by atoms with E-state index in [0.717, 1.165) is 48.1 Å². The number of hydrogen-bond acceptors (Lipinski definition) is 7. The second-order valence-electron chi connectivity index (χ2n) is 15.6. The van der Waals surface area contributed by atoms with Crippen LogP contribution < -0.4 is 5.32 Å². The van der Waals surface area contributed by atoms with Gasteiger partial charge >= 0.3 is 0 Å². The highest BCUT2D eigenvalue weighted by Gasteiger charge is 2.66. The summed E-state index contributed by atoms with van der Waals surface area (Å²) in [5, 5.41) is 8.16. The summed E-state index contributed by atoms with van der Waals surface area (Å²) in [7, 11) is 0. The number of Topliss-reactive ketones (excluding diaryl/α,β-unsaturated/α-hetero) is 2. The Morgan fingerprint density at radius 1 is 0.930 bits per heavy atom. The molecular weight excluding hydrogens is 757 g/mol. The number of nitrogens with one attached hydrogen (secondary N) is 1. The van der Waals surface area contributed by atoms with Crippen LogP contribution >= 0.6 is 11.6 Å². The largest absolute Gasteiger partial charge is 0.355 e. The van der Waals surface area contributed by atoms with Crippen molar-refractivity contribution in [3.63, 3.8) is 0 Å². The molecule has 0 spiro atoms. The van der Waals surface area contributed by atoms with E-state index in [2.05, 4.69) is 15.3 Å². The molecule has 5 aromatic rings. The van der Waals surface area contributed by atoms with Gasteiger partial charge in [-0.2, -0.15) is 5.10 Å². The van der Waals surface area contributed by atoms with Crippen molar-refractivity contribution in [3.05, 3.63) is 100.0 Å². The molecule has 2 amide bonds. The lowest BCUT2D eigenvalue weighted by Gasteiger charge is -2.27. The van der Waals surface area contributed by atoms with Crippen LogP contribution in [0.1, 0.15) is 79.3 Å². The molecule has 294 valence electrons. The Kier molecular flexibility index (Phi) is 10.2. The number of aromatic nitrogens is 4. The normalized spacial score (nSPS) is 21.3. The number of ketones is 2. The van der Waals surface area contributed by atoms with E-state index in [4.69, 9.17) is 16.7 Å². The number of amides is 2. The quantitative estimate of drug-likeness (QED) is 0.139. The average Bonchev–Trinajstić information content (AvgIpc) is 3.59. The van der Waals surface area contributed by atoms with Gasteiger partial charge in [-0.05, 0) is 80.0 Å². The maximum atomic E-state index is 16.1. The molecule has 1 aliphatic carbocycles. The number of halogens is 4. The van der Waals surface area contributed by atoms with E-state index in [1.807, 2.05) is 12.1 Å². The first kappa shape index (κ1) is 38.4. The van der Waals surface area contributed by atoms with Crippen LogP contribution in [0.25, 0.3) is 33.2 Å².